The zero-order valence-electron chi connectivity index (χ0n) is 16.3. The summed E-state index contributed by atoms with van der Waals surface area (Å²) in [5.74, 6) is -0.927. The van der Waals surface area contributed by atoms with E-state index in [0.717, 1.165) is 16.6 Å². The van der Waals surface area contributed by atoms with Crippen LogP contribution in [0.1, 0.15) is 22.8 Å². The summed E-state index contributed by atoms with van der Waals surface area (Å²) in [6, 6.07) is 9.61. The summed E-state index contributed by atoms with van der Waals surface area (Å²) in [6.07, 6.45) is 0.897. The van der Waals surface area contributed by atoms with Crippen molar-refractivity contribution in [3.8, 4) is 5.75 Å². The van der Waals surface area contributed by atoms with E-state index in [1.807, 2.05) is 18.2 Å². The number of aromatic nitrogens is 1. The van der Waals surface area contributed by atoms with Crippen LogP contribution in [0.25, 0.3) is 10.2 Å². The number of rotatable bonds is 5. The van der Waals surface area contributed by atoms with Crippen molar-refractivity contribution in [2.24, 2.45) is 0 Å². The first-order valence-electron chi connectivity index (χ1n) is 9.50. The first-order valence-corrected chi connectivity index (χ1v) is 11.8. The molecule has 0 saturated carbocycles. The lowest BCUT2D eigenvalue weighted by molar-refractivity contribution is 0.0730. The number of ether oxygens (including phenoxy) is 1. The van der Waals surface area contributed by atoms with E-state index in [-0.39, 0.29) is 29.3 Å². The smallest absolute Gasteiger partial charge is 0.261 e. The van der Waals surface area contributed by atoms with Crippen LogP contribution in [-0.4, -0.2) is 55.0 Å². The number of benzene rings is 2. The molecule has 2 heterocycles. The second kappa shape index (κ2) is 8.31. The fraction of sp³-hybridized carbons (Fsp3) is 0.300. The summed E-state index contributed by atoms with van der Waals surface area (Å²) < 4.78 is 33.2. The zero-order valence-corrected chi connectivity index (χ0v) is 17.9. The van der Waals surface area contributed by atoms with Crippen molar-refractivity contribution in [3.05, 3.63) is 47.5 Å². The van der Waals surface area contributed by atoms with Gasteiger partial charge in [-0.3, -0.25) is 10.1 Å². The van der Waals surface area contributed by atoms with Gasteiger partial charge in [0.2, 0.25) is 10.0 Å². The second-order valence-corrected chi connectivity index (χ2v) is 9.79. The van der Waals surface area contributed by atoms with Gasteiger partial charge in [0.05, 0.1) is 33.9 Å². The van der Waals surface area contributed by atoms with Gasteiger partial charge in [-0.15, -0.1) is 0 Å². The third-order valence-electron chi connectivity index (χ3n) is 4.90. The van der Waals surface area contributed by atoms with Gasteiger partial charge in [0, 0.05) is 13.1 Å². The molecule has 1 saturated heterocycles. The summed E-state index contributed by atoms with van der Waals surface area (Å²) in [7, 11) is -3.79. The fourth-order valence-electron chi connectivity index (χ4n) is 3.20. The normalized spacial score (nSPS) is 15.4. The van der Waals surface area contributed by atoms with Crippen molar-refractivity contribution in [1.82, 2.24) is 9.29 Å². The highest BCUT2D eigenvalue weighted by molar-refractivity contribution is 7.89. The van der Waals surface area contributed by atoms with Gasteiger partial charge in [-0.05, 0) is 42.3 Å². The largest absolute Gasteiger partial charge is 0.507 e. The highest BCUT2D eigenvalue weighted by Crippen LogP contribution is 2.29. The van der Waals surface area contributed by atoms with Crippen molar-refractivity contribution >= 4 is 42.6 Å². The predicted octanol–water partition coefficient (Wildman–Crippen LogP) is 2.84. The molecule has 2 N–H and O–H groups in total. The van der Waals surface area contributed by atoms with Crippen molar-refractivity contribution in [1.29, 1.82) is 0 Å². The number of carbonyl (C=O) groups excluding carboxylic acids is 1. The number of aromatic hydroxyl groups is 1. The van der Waals surface area contributed by atoms with Gasteiger partial charge in [0.25, 0.3) is 5.91 Å². The summed E-state index contributed by atoms with van der Waals surface area (Å²) in [4.78, 5) is 17.1. The van der Waals surface area contributed by atoms with Crippen molar-refractivity contribution in [2.45, 2.75) is 18.2 Å². The number of sulfonamides is 1. The first-order chi connectivity index (χ1) is 14.4. The molecule has 10 heteroatoms. The molecule has 4 rings (SSSR count). The highest BCUT2D eigenvalue weighted by Gasteiger charge is 2.28. The zero-order chi connectivity index (χ0) is 21.3. The number of morpholine rings is 1. The predicted molar refractivity (Wildman–Crippen MR) is 115 cm³/mol. The molecule has 2 aromatic carbocycles. The van der Waals surface area contributed by atoms with Crippen LogP contribution in [0.5, 0.6) is 5.75 Å². The van der Waals surface area contributed by atoms with E-state index in [2.05, 4.69) is 17.2 Å². The maximum atomic E-state index is 12.9. The first kappa shape index (κ1) is 20.7. The summed E-state index contributed by atoms with van der Waals surface area (Å²) in [5, 5.41) is 13.2. The van der Waals surface area contributed by atoms with Crippen molar-refractivity contribution < 1.29 is 23.1 Å². The Balaban J connectivity index is 1.60. The minimum Gasteiger partial charge on any atom is -0.507 e. The number of phenolic OH excluding ortho intramolecular Hbond substituents is 1. The standard InChI is InChI=1S/C20H21N3O5S2/c1-2-13-3-5-16-18(11-13)29-20(21-16)22-19(25)15-12-14(4-6-17(15)24)30(26,27)23-7-9-28-10-8-23/h3-6,11-12,24H,2,7-10H2,1H3,(H,21,22,25). The average molecular weight is 448 g/mol. The second-order valence-electron chi connectivity index (χ2n) is 6.82. The van der Waals surface area contributed by atoms with E-state index in [0.29, 0.717) is 18.3 Å². The summed E-state index contributed by atoms with van der Waals surface area (Å²) >= 11 is 1.32. The van der Waals surface area contributed by atoms with E-state index in [9.17, 15) is 18.3 Å². The van der Waals surface area contributed by atoms with Gasteiger partial charge in [0.1, 0.15) is 5.75 Å². The SMILES string of the molecule is CCc1ccc2nc(NC(=O)c3cc(S(=O)(=O)N4CCOCC4)ccc3O)sc2c1. The van der Waals surface area contributed by atoms with Gasteiger partial charge in [-0.2, -0.15) is 4.31 Å². The van der Waals surface area contributed by atoms with Gasteiger partial charge in [-0.1, -0.05) is 24.3 Å². The molecule has 1 aromatic heterocycles. The lowest BCUT2D eigenvalue weighted by atomic mass is 10.2. The number of carbonyl (C=O) groups is 1. The van der Waals surface area contributed by atoms with Gasteiger partial charge < -0.3 is 9.84 Å². The molecule has 0 aliphatic carbocycles. The molecular weight excluding hydrogens is 426 g/mol. The lowest BCUT2D eigenvalue weighted by Gasteiger charge is -2.26. The molecule has 0 unspecified atom stereocenters. The maximum absolute atomic E-state index is 12.9. The molecule has 3 aromatic rings. The molecule has 0 atom stereocenters. The number of hydrogen-bond acceptors (Lipinski definition) is 7. The van der Waals surface area contributed by atoms with Crippen LogP contribution in [0, 0.1) is 0 Å². The Hall–Kier alpha value is -2.53. The molecule has 1 fully saturated rings. The highest BCUT2D eigenvalue weighted by atomic mass is 32.2. The summed E-state index contributed by atoms with van der Waals surface area (Å²) in [5.41, 5.74) is 1.81. The summed E-state index contributed by atoms with van der Waals surface area (Å²) in [6.45, 7) is 3.20. The Labute approximate surface area is 178 Å². The lowest BCUT2D eigenvalue weighted by Crippen LogP contribution is -2.40. The quantitative estimate of drug-likeness (QED) is 0.623. The number of thiazole rings is 1. The third kappa shape index (κ3) is 4.04. The molecule has 158 valence electrons. The molecule has 30 heavy (non-hydrogen) atoms. The van der Waals surface area contributed by atoms with Crippen molar-refractivity contribution in [2.75, 3.05) is 31.6 Å². The third-order valence-corrected chi connectivity index (χ3v) is 7.73. The molecule has 1 amide bonds. The van der Waals surface area contributed by atoms with E-state index in [4.69, 9.17) is 4.74 Å². The van der Waals surface area contributed by atoms with E-state index >= 15 is 0 Å². The molecular formula is C20H21N3O5S2. The Morgan fingerprint density at radius 1 is 1.23 bits per heavy atom. The molecule has 0 radical (unpaired) electrons. The van der Waals surface area contributed by atoms with Gasteiger partial charge in [0.15, 0.2) is 5.13 Å². The van der Waals surface area contributed by atoms with E-state index in [1.165, 1.54) is 39.4 Å². The van der Waals surface area contributed by atoms with Crippen LogP contribution in [0.4, 0.5) is 5.13 Å². The topological polar surface area (TPSA) is 109 Å². The van der Waals surface area contributed by atoms with Gasteiger partial charge >= 0.3 is 0 Å². The maximum Gasteiger partial charge on any atom is 0.261 e. The van der Waals surface area contributed by atoms with Crippen LogP contribution >= 0.6 is 11.3 Å². The number of nitrogens with one attached hydrogen (secondary N) is 1. The van der Waals surface area contributed by atoms with Crippen LogP contribution in [0.3, 0.4) is 0 Å². The Kier molecular flexibility index (Phi) is 5.74. The number of nitrogens with zero attached hydrogens (tertiary/aromatic N) is 2. The minimum absolute atomic E-state index is 0.0516. The molecule has 0 spiro atoms. The van der Waals surface area contributed by atoms with E-state index < -0.39 is 15.9 Å². The average Bonchev–Trinajstić information content (AvgIpc) is 3.15. The minimum atomic E-state index is -3.79. The molecule has 1 aliphatic rings. The number of fused-ring (bicyclic) bond motifs is 1. The molecule has 0 bridgehead atoms. The number of aryl methyl sites for hydroxylation is 1. The number of anilines is 1. The fourth-order valence-corrected chi connectivity index (χ4v) is 5.56. The Morgan fingerprint density at radius 3 is 2.73 bits per heavy atom. The van der Waals surface area contributed by atoms with E-state index in [1.54, 1.807) is 0 Å². The Bertz CT molecular complexity index is 1200. The Morgan fingerprint density at radius 2 is 2.00 bits per heavy atom. The number of phenols is 1. The molecule has 1 aliphatic heterocycles. The van der Waals surface area contributed by atoms with Crippen LogP contribution < -0.4 is 5.32 Å². The van der Waals surface area contributed by atoms with Gasteiger partial charge in [-0.25, -0.2) is 13.4 Å². The van der Waals surface area contributed by atoms with Crippen LogP contribution in [0.2, 0.25) is 0 Å². The molecule has 8 nitrogen and oxygen atoms in total. The number of hydrogen-bond donors (Lipinski definition) is 2. The number of amides is 1. The van der Waals surface area contributed by atoms with Crippen molar-refractivity contribution in [3.63, 3.8) is 0 Å². The van der Waals surface area contributed by atoms with Crippen LogP contribution in [-0.2, 0) is 21.2 Å². The van der Waals surface area contributed by atoms with Crippen LogP contribution in [0.15, 0.2) is 41.3 Å². The monoisotopic (exact) mass is 447 g/mol.